The van der Waals surface area contributed by atoms with Crippen LogP contribution in [0.2, 0.25) is 0 Å². The summed E-state index contributed by atoms with van der Waals surface area (Å²) in [5, 5.41) is 2.58. The molecule has 0 atom stereocenters. The van der Waals surface area contributed by atoms with Gasteiger partial charge >= 0.3 is 5.69 Å². The van der Waals surface area contributed by atoms with Gasteiger partial charge in [-0.25, -0.2) is 9.18 Å². The topological polar surface area (TPSA) is 56.0 Å². The average Bonchev–Trinajstić information content (AvgIpc) is 2.73. The SMILES string of the molecule is Cn1c(=O)n(CC(=O)Nc2cccc(F)c2)c2ccccc21. The molecule has 0 saturated carbocycles. The number of rotatable bonds is 3. The number of anilines is 1. The number of amides is 1. The van der Waals surface area contributed by atoms with Crippen LogP contribution in [0.15, 0.2) is 53.3 Å². The zero-order chi connectivity index (χ0) is 15.7. The maximum atomic E-state index is 13.1. The van der Waals surface area contributed by atoms with Crippen LogP contribution in [0.1, 0.15) is 0 Å². The highest BCUT2D eigenvalue weighted by molar-refractivity contribution is 5.91. The van der Waals surface area contributed by atoms with Crippen molar-refractivity contribution >= 4 is 22.6 Å². The fourth-order valence-corrected chi connectivity index (χ4v) is 2.43. The normalized spacial score (nSPS) is 10.8. The zero-order valence-corrected chi connectivity index (χ0v) is 11.9. The predicted molar refractivity (Wildman–Crippen MR) is 82.2 cm³/mol. The molecule has 1 amide bonds. The number of hydrogen-bond donors (Lipinski definition) is 1. The van der Waals surface area contributed by atoms with Gasteiger partial charge in [-0.2, -0.15) is 0 Å². The number of nitrogens with one attached hydrogen (secondary N) is 1. The van der Waals surface area contributed by atoms with Crippen molar-refractivity contribution in [1.29, 1.82) is 0 Å². The van der Waals surface area contributed by atoms with E-state index in [1.54, 1.807) is 19.2 Å². The highest BCUT2D eigenvalue weighted by atomic mass is 19.1. The Hall–Kier alpha value is -2.89. The maximum Gasteiger partial charge on any atom is 0.329 e. The summed E-state index contributed by atoms with van der Waals surface area (Å²) in [5.41, 5.74) is 1.53. The van der Waals surface area contributed by atoms with Gasteiger partial charge in [0.15, 0.2) is 0 Å². The molecule has 0 aliphatic carbocycles. The van der Waals surface area contributed by atoms with Crippen LogP contribution in [0.5, 0.6) is 0 Å². The van der Waals surface area contributed by atoms with Crippen molar-refractivity contribution < 1.29 is 9.18 Å². The molecule has 0 aliphatic rings. The maximum absolute atomic E-state index is 13.1. The van der Waals surface area contributed by atoms with Crippen LogP contribution in [-0.4, -0.2) is 15.0 Å². The van der Waals surface area contributed by atoms with Crippen LogP contribution < -0.4 is 11.0 Å². The van der Waals surface area contributed by atoms with Gasteiger partial charge in [0.25, 0.3) is 0 Å². The number of nitrogens with zero attached hydrogens (tertiary/aromatic N) is 2. The predicted octanol–water partition coefficient (Wildman–Crippen LogP) is 2.12. The van der Waals surface area contributed by atoms with Crippen molar-refractivity contribution in [1.82, 2.24) is 9.13 Å². The molecular formula is C16H14FN3O2. The van der Waals surface area contributed by atoms with Gasteiger partial charge in [0.1, 0.15) is 12.4 Å². The van der Waals surface area contributed by atoms with E-state index in [0.29, 0.717) is 11.2 Å². The van der Waals surface area contributed by atoms with Crippen LogP contribution in [0.3, 0.4) is 0 Å². The van der Waals surface area contributed by atoms with E-state index in [1.165, 1.54) is 27.3 Å². The molecule has 0 unspecified atom stereocenters. The van der Waals surface area contributed by atoms with Crippen LogP contribution in [0, 0.1) is 5.82 Å². The second-order valence-corrected chi connectivity index (χ2v) is 4.97. The molecule has 5 nitrogen and oxygen atoms in total. The van der Waals surface area contributed by atoms with E-state index >= 15 is 0 Å². The van der Waals surface area contributed by atoms with E-state index in [4.69, 9.17) is 0 Å². The molecule has 0 radical (unpaired) electrons. The van der Waals surface area contributed by atoms with Gasteiger partial charge in [-0.1, -0.05) is 18.2 Å². The first-order valence-electron chi connectivity index (χ1n) is 6.76. The lowest BCUT2D eigenvalue weighted by Gasteiger charge is -2.06. The van der Waals surface area contributed by atoms with Gasteiger partial charge in [0.2, 0.25) is 5.91 Å². The minimum Gasteiger partial charge on any atom is -0.324 e. The number of para-hydroxylation sites is 2. The van der Waals surface area contributed by atoms with Crippen LogP contribution in [-0.2, 0) is 18.4 Å². The summed E-state index contributed by atoms with van der Waals surface area (Å²) >= 11 is 0. The summed E-state index contributed by atoms with van der Waals surface area (Å²) < 4.78 is 16.0. The van der Waals surface area contributed by atoms with Gasteiger partial charge < -0.3 is 5.32 Å². The Morgan fingerprint density at radius 1 is 1.14 bits per heavy atom. The number of halogens is 1. The summed E-state index contributed by atoms with van der Waals surface area (Å²) in [7, 11) is 1.66. The monoisotopic (exact) mass is 299 g/mol. The molecule has 22 heavy (non-hydrogen) atoms. The molecule has 1 aromatic heterocycles. The van der Waals surface area contributed by atoms with Gasteiger partial charge in [0.05, 0.1) is 11.0 Å². The van der Waals surface area contributed by atoms with Crippen molar-refractivity contribution in [2.24, 2.45) is 7.05 Å². The molecule has 3 rings (SSSR count). The van der Waals surface area contributed by atoms with Crippen LogP contribution in [0.25, 0.3) is 11.0 Å². The molecular weight excluding hydrogens is 285 g/mol. The molecule has 0 bridgehead atoms. The van der Waals surface area contributed by atoms with Crippen molar-refractivity contribution in [3.63, 3.8) is 0 Å². The number of carbonyl (C=O) groups excluding carboxylic acids is 1. The van der Waals surface area contributed by atoms with Gasteiger partial charge in [-0.3, -0.25) is 13.9 Å². The summed E-state index contributed by atoms with van der Waals surface area (Å²) in [6.45, 7) is -0.128. The van der Waals surface area contributed by atoms with E-state index < -0.39 is 5.82 Å². The highest BCUT2D eigenvalue weighted by Crippen LogP contribution is 2.12. The van der Waals surface area contributed by atoms with Crippen LogP contribution >= 0.6 is 0 Å². The Kier molecular flexibility index (Phi) is 3.50. The third kappa shape index (κ3) is 2.50. The molecule has 1 heterocycles. The lowest BCUT2D eigenvalue weighted by molar-refractivity contribution is -0.116. The van der Waals surface area contributed by atoms with E-state index in [-0.39, 0.29) is 18.1 Å². The molecule has 2 aromatic carbocycles. The average molecular weight is 299 g/mol. The zero-order valence-electron chi connectivity index (χ0n) is 11.9. The standard InChI is InChI=1S/C16H14FN3O2/c1-19-13-7-2-3-8-14(13)20(16(19)22)10-15(21)18-12-6-4-5-11(17)9-12/h2-9H,10H2,1H3,(H,18,21). The fraction of sp³-hybridized carbons (Fsp3) is 0.125. The lowest BCUT2D eigenvalue weighted by Crippen LogP contribution is -2.28. The number of carbonyl (C=O) groups is 1. The molecule has 112 valence electrons. The number of benzene rings is 2. The molecule has 1 N–H and O–H groups in total. The van der Waals surface area contributed by atoms with Crippen molar-refractivity contribution in [3.8, 4) is 0 Å². The van der Waals surface area contributed by atoms with E-state index in [0.717, 1.165) is 5.52 Å². The Morgan fingerprint density at radius 2 is 1.86 bits per heavy atom. The van der Waals surface area contributed by atoms with Crippen LogP contribution in [0.4, 0.5) is 10.1 Å². The second kappa shape index (κ2) is 5.48. The minimum absolute atomic E-state index is 0.128. The summed E-state index contributed by atoms with van der Waals surface area (Å²) in [4.78, 5) is 24.3. The van der Waals surface area contributed by atoms with E-state index in [9.17, 15) is 14.0 Å². The summed E-state index contributed by atoms with van der Waals surface area (Å²) in [6, 6.07) is 12.9. The lowest BCUT2D eigenvalue weighted by atomic mass is 10.3. The Balaban J connectivity index is 1.89. The number of aryl methyl sites for hydroxylation is 1. The fourth-order valence-electron chi connectivity index (χ4n) is 2.43. The molecule has 3 aromatic rings. The van der Waals surface area contributed by atoms with Gasteiger partial charge in [-0.15, -0.1) is 0 Å². The van der Waals surface area contributed by atoms with E-state index in [1.807, 2.05) is 18.2 Å². The minimum atomic E-state index is -0.430. The third-order valence-electron chi connectivity index (χ3n) is 3.46. The first-order chi connectivity index (χ1) is 10.6. The molecule has 0 fully saturated rings. The summed E-state index contributed by atoms with van der Waals surface area (Å²) in [6.07, 6.45) is 0. The molecule has 0 aliphatic heterocycles. The van der Waals surface area contributed by atoms with Gasteiger partial charge in [0, 0.05) is 12.7 Å². The Morgan fingerprint density at radius 3 is 2.59 bits per heavy atom. The Bertz CT molecular complexity index is 911. The summed E-state index contributed by atoms with van der Waals surface area (Å²) in [5.74, 6) is -0.816. The first-order valence-corrected chi connectivity index (χ1v) is 6.76. The number of fused-ring (bicyclic) bond motifs is 1. The van der Waals surface area contributed by atoms with Crippen molar-refractivity contribution in [2.45, 2.75) is 6.54 Å². The second-order valence-electron chi connectivity index (χ2n) is 4.97. The van der Waals surface area contributed by atoms with Crippen molar-refractivity contribution in [3.05, 3.63) is 64.8 Å². The molecule has 0 saturated heterocycles. The largest absolute Gasteiger partial charge is 0.329 e. The van der Waals surface area contributed by atoms with E-state index in [2.05, 4.69) is 5.32 Å². The number of hydrogen-bond acceptors (Lipinski definition) is 2. The van der Waals surface area contributed by atoms with Gasteiger partial charge in [-0.05, 0) is 30.3 Å². The quantitative estimate of drug-likeness (QED) is 0.805. The first kappa shape index (κ1) is 14.1. The van der Waals surface area contributed by atoms with Crippen molar-refractivity contribution in [2.75, 3.05) is 5.32 Å². The number of aromatic nitrogens is 2. The molecule has 6 heteroatoms. The Labute approximate surface area is 125 Å². The number of imidazole rings is 1. The smallest absolute Gasteiger partial charge is 0.324 e. The highest BCUT2D eigenvalue weighted by Gasteiger charge is 2.13. The molecule has 0 spiro atoms. The third-order valence-corrected chi connectivity index (χ3v) is 3.46.